The van der Waals surface area contributed by atoms with E-state index in [1.54, 1.807) is 0 Å². The van der Waals surface area contributed by atoms with E-state index >= 15 is 0 Å². The minimum absolute atomic E-state index is 0.0385. The Labute approximate surface area is 288 Å². The molecule has 15 nitrogen and oxygen atoms in total. The van der Waals surface area contributed by atoms with Crippen molar-refractivity contribution in [1.82, 2.24) is 0 Å². The lowest BCUT2D eigenvalue weighted by molar-refractivity contribution is -0.347. The van der Waals surface area contributed by atoms with Gasteiger partial charge in [0.1, 0.15) is 18.2 Å². The molecule has 0 amide bonds. The molecule has 0 bridgehead atoms. The minimum atomic E-state index is -1.06. The predicted molar refractivity (Wildman–Crippen MR) is 179 cm³/mol. The first-order chi connectivity index (χ1) is 23.4. The zero-order valence-corrected chi connectivity index (χ0v) is 29.6. The largest absolute Gasteiger partial charge is 0.452 e. The van der Waals surface area contributed by atoms with Crippen LogP contribution in [0.5, 0.6) is 0 Å². The van der Waals surface area contributed by atoms with Crippen molar-refractivity contribution < 1.29 is 38.0 Å². The van der Waals surface area contributed by atoms with Crippen molar-refractivity contribution in [3.8, 4) is 0 Å². The van der Waals surface area contributed by atoms with Crippen LogP contribution in [0.4, 0.5) is 0 Å². The van der Waals surface area contributed by atoms with Gasteiger partial charge in [0.25, 0.3) is 0 Å². The van der Waals surface area contributed by atoms with Crippen molar-refractivity contribution in [2.45, 2.75) is 142 Å². The molecule has 3 saturated heterocycles. The first-order valence-electron chi connectivity index (χ1n) is 17.2. The summed E-state index contributed by atoms with van der Waals surface area (Å²) >= 11 is 0. The van der Waals surface area contributed by atoms with E-state index in [9.17, 15) is 15.9 Å². The maximum absolute atomic E-state index is 13.3. The van der Waals surface area contributed by atoms with E-state index < -0.39 is 73.3 Å². The number of hydrogen-bond donors (Lipinski definition) is 1. The lowest BCUT2D eigenvalue weighted by atomic mass is 9.81. The summed E-state index contributed by atoms with van der Waals surface area (Å²) in [4.78, 5) is 19.4. The Bertz CT molecular complexity index is 1360. The smallest absolute Gasteiger partial charge is 0.210 e. The van der Waals surface area contributed by atoms with Gasteiger partial charge in [0.2, 0.25) is 6.29 Å². The van der Waals surface area contributed by atoms with Crippen LogP contribution in [0.2, 0.25) is 0 Å². The van der Waals surface area contributed by atoms with E-state index in [1.807, 2.05) is 65.0 Å². The Hall–Kier alpha value is -3.26. The van der Waals surface area contributed by atoms with Gasteiger partial charge in [-0.15, -0.1) is 0 Å². The van der Waals surface area contributed by atoms with Gasteiger partial charge in [-0.1, -0.05) is 82.1 Å². The second-order valence-electron chi connectivity index (χ2n) is 13.4. The number of nitrogens with zero attached hydrogens (tertiary/aromatic N) is 6. The van der Waals surface area contributed by atoms with Gasteiger partial charge in [0.05, 0.1) is 37.1 Å². The molecular weight excluding hydrogens is 634 g/mol. The highest BCUT2D eigenvalue weighted by Gasteiger charge is 2.53. The SMILES string of the molecule is CCC1O[C@H](O[C@@H]2C(C(C)=O)O[C@@H](O[C@@H]3C(CC)O[C@H](OC(C)=N)C(N=[N+]=[N-])[C@H]3C)C(OCc3ccccc3)[C@H]2C)C(N=[N+]=[N-])[C@@H](C)[C@@H]1C. The van der Waals surface area contributed by atoms with Crippen LogP contribution in [0.25, 0.3) is 20.9 Å². The molecule has 3 fully saturated rings. The normalized spacial score (nSPS) is 39.2. The molecule has 1 aromatic carbocycles. The van der Waals surface area contributed by atoms with Crippen LogP contribution >= 0.6 is 0 Å². The number of ether oxygens (including phenoxy) is 7. The van der Waals surface area contributed by atoms with Crippen LogP contribution in [0.15, 0.2) is 40.6 Å². The molecular formula is C34H51N7O8. The third-order valence-corrected chi connectivity index (χ3v) is 10.2. The zero-order valence-electron chi connectivity index (χ0n) is 29.6. The van der Waals surface area contributed by atoms with Gasteiger partial charge in [-0.3, -0.25) is 10.2 Å². The Morgan fingerprint density at radius 1 is 0.776 bits per heavy atom. The lowest BCUT2D eigenvalue weighted by Crippen LogP contribution is -2.62. The van der Waals surface area contributed by atoms with Gasteiger partial charge in [-0.2, -0.15) is 0 Å². The summed E-state index contributed by atoms with van der Waals surface area (Å²) in [5.74, 6) is -1.16. The fourth-order valence-corrected chi connectivity index (χ4v) is 7.16. The van der Waals surface area contributed by atoms with Gasteiger partial charge >= 0.3 is 0 Å². The highest BCUT2D eigenvalue weighted by Crippen LogP contribution is 2.41. The fourth-order valence-electron chi connectivity index (χ4n) is 7.16. The van der Waals surface area contributed by atoms with Crippen molar-refractivity contribution in [2.75, 3.05) is 0 Å². The first-order valence-corrected chi connectivity index (χ1v) is 17.2. The number of azide groups is 2. The van der Waals surface area contributed by atoms with Crippen molar-refractivity contribution in [3.63, 3.8) is 0 Å². The van der Waals surface area contributed by atoms with Crippen molar-refractivity contribution in [1.29, 1.82) is 5.41 Å². The van der Waals surface area contributed by atoms with Crippen LogP contribution in [0.1, 0.15) is 73.8 Å². The van der Waals surface area contributed by atoms with E-state index in [2.05, 4.69) is 27.0 Å². The summed E-state index contributed by atoms with van der Waals surface area (Å²) < 4.78 is 44.6. The average molecular weight is 686 g/mol. The molecule has 0 spiro atoms. The van der Waals surface area contributed by atoms with Crippen LogP contribution in [-0.4, -0.2) is 79.3 Å². The van der Waals surface area contributed by atoms with Crippen LogP contribution in [0.3, 0.4) is 0 Å². The van der Waals surface area contributed by atoms with Gasteiger partial charge in [0.15, 0.2) is 24.3 Å². The summed E-state index contributed by atoms with van der Waals surface area (Å²) in [5, 5.41) is 15.8. The second kappa shape index (κ2) is 17.6. The van der Waals surface area contributed by atoms with E-state index in [-0.39, 0.29) is 36.2 Å². The summed E-state index contributed by atoms with van der Waals surface area (Å²) in [7, 11) is 0. The van der Waals surface area contributed by atoms with Gasteiger partial charge in [0, 0.05) is 22.7 Å². The van der Waals surface area contributed by atoms with Crippen LogP contribution in [0, 0.1) is 29.1 Å². The standard InChI is InChI=1S/C34H51N7O8/c1-9-24-17(3)18(4)26(38-40-36)33(45-24)48-29-20(6)30(43-16-23-14-12-11-13-15-23)34(49-31(29)21(7)42)47-28-19(5)27(39-41-37)32(44-22(8)35)46-25(28)10-2/h11-15,17-20,24-35H,9-10,16H2,1-8H3/t17-,18-,19+,20-,24?,25?,26?,27?,28-,29-,30?,31?,32-,33+,34+/m0/s1. The van der Waals surface area contributed by atoms with Crippen molar-refractivity contribution in [3.05, 3.63) is 56.8 Å². The third kappa shape index (κ3) is 8.92. The number of carbonyl (C=O) groups is 1. The van der Waals surface area contributed by atoms with E-state index in [4.69, 9.17) is 38.6 Å². The molecule has 3 aliphatic rings. The molecule has 15 atom stereocenters. The van der Waals surface area contributed by atoms with Gasteiger partial charge in [-0.05, 0) is 54.1 Å². The number of ketones is 1. The highest BCUT2D eigenvalue weighted by molar-refractivity contribution is 5.81. The molecule has 0 aromatic heterocycles. The van der Waals surface area contributed by atoms with E-state index in [0.717, 1.165) is 12.0 Å². The fraction of sp³-hybridized carbons (Fsp3) is 0.765. The maximum Gasteiger partial charge on any atom is 0.210 e. The van der Waals surface area contributed by atoms with Gasteiger partial charge in [-0.25, -0.2) is 0 Å². The van der Waals surface area contributed by atoms with Gasteiger partial charge < -0.3 is 33.2 Å². The lowest BCUT2D eigenvalue weighted by Gasteiger charge is -2.50. The third-order valence-electron chi connectivity index (χ3n) is 10.2. The molecule has 3 aliphatic heterocycles. The molecule has 0 aliphatic carbocycles. The molecule has 270 valence electrons. The Kier molecular flexibility index (Phi) is 13.8. The first kappa shape index (κ1) is 38.5. The Balaban J connectivity index is 1.68. The van der Waals surface area contributed by atoms with Crippen molar-refractivity contribution in [2.24, 2.45) is 33.9 Å². The molecule has 6 unspecified atom stereocenters. The zero-order chi connectivity index (χ0) is 35.8. The summed E-state index contributed by atoms with van der Waals surface area (Å²) in [6, 6.07) is 8.23. The number of rotatable bonds is 13. The summed E-state index contributed by atoms with van der Waals surface area (Å²) in [6.07, 6.45) is -5.60. The summed E-state index contributed by atoms with van der Waals surface area (Å²) in [5.41, 5.74) is 19.7. The average Bonchev–Trinajstić information content (AvgIpc) is 3.07. The number of benzene rings is 1. The molecule has 1 N–H and O–H groups in total. The summed E-state index contributed by atoms with van der Waals surface area (Å²) in [6.45, 7) is 15.0. The molecule has 1 aromatic rings. The van der Waals surface area contributed by atoms with E-state index in [0.29, 0.717) is 6.42 Å². The topological polar surface area (TPSA) is 203 Å². The Morgan fingerprint density at radius 2 is 1.37 bits per heavy atom. The number of hydrogen-bond acceptors (Lipinski definition) is 11. The number of carbonyl (C=O) groups excluding carboxylic acids is 1. The molecule has 4 rings (SSSR count). The minimum Gasteiger partial charge on any atom is -0.452 e. The second-order valence-corrected chi connectivity index (χ2v) is 13.4. The van der Waals surface area contributed by atoms with Crippen LogP contribution < -0.4 is 0 Å². The molecule has 15 heteroatoms. The molecule has 0 radical (unpaired) electrons. The van der Waals surface area contributed by atoms with Crippen molar-refractivity contribution >= 4 is 11.7 Å². The predicted octanol–water partition coefficient (Wildman–Crippen LogP) is 6.84. The Morgan fingerprint density at radius 3 is 1.94 bits per heavy atom. The quantitative estimate of drug-likeness (QED) is 0.0763. The maximum atomic E-state index is 13.3. The highest BCUT2D eigenvalue weighted by atomic mass is 16.7. The van der Waals surface area contributed by atoms with Crippen LogP contribution in [-0.2, 0) is 44.6 Å². The number of Topliss-reactive ketones (excluding diaryl/α,β-unsaturated/α-hetero) is 1. The molecule has 3 heterocycles. The molecule has 49 heavy (non-hydrogen) atoms. The monoisotopic (exact) mass is 685 g/mol. The molecule has 0 saturated carbocycles. The number of nitrogens with one attached hydrogen (secondary N) is 1. The van der Waals surface area contributed by atoms with E-state index in [1.165, 1.54) is 13.8 Å².